The highest BCUT2D eigenvalue weighted by molar-refractivity contribution is 7.17. The van der Waals surface area contributed by atoms with E-state index in [1.807, 2.05) is 0 Å². The number of carbonyl (C=O) groups is 1. The fourth-order valence-corrected chi connectivity index (χ4v) is 3.72. The van der Waals surface area contributed by atoms with E-state index < -0.39 is 17.3 Å². The Kier molecular flexibility index (Phi) is 6.94. The number of aliphatic hydroxyl groups is 1. The fourth-order valence-electron chi connectivity index (χ4n) is 3.13. The van der Waals surface area contributed by atoms with Crippen LogP contribution in [-0.4, -0.2) is 43.5 Å². The molecule has 0 bridgehead atoms. The first-order valence-corrected chi connectivity index (χ1v) is 11.2. The SMILES string of the molecule is COc1cccc(F)c1-c1cnncc1C(=O)Nc1nnc(OCc2ccc(C(C)(C)O)cn2)s1. The molecule has 0 fully saturated rings. The largest absolute Gasteiger partial charge is 0.496 e. The van der Waals surface area contributed by atoms with E-state index in [1.165, 1.54) is 31.6 Å². The lowest BCUT2D eigenvalue weighted by molar-refractivity contribution is 0.0781. The summed E-state index contributed by atoms with van der Waals surface area (Å²) in [6.07, 6.45) is 4.11. The Labute approximate surface area is 203 Å². The lowest BCUT2D eigenvalue weighted by atomic mass is 10.0. The van der Waals surface area contributed by atoms with Gasteiger partial charge in [0.25, 0.3) is 11.1 Å². The Morgan fingerprint density at radius 3 is 2.66 bits per heavy atom. The molecule has 0 atom stereocenters. The van der Waals surface area contributed by atoms with Crippen molar-refractivity contribution in [1.82, 2.24) is 25.4 Å². The molecule has 12 heteroatoms. The number of nitrogens with zero attached hydrogens (tertiary/aromatic N) is 5. The third kappa shape index (κ3) is 5.55. The average Bonchev–Trinajstić information content (AvgIpc) is 3.29. The van der Waals surface area contributed by atoms with Crippen molar-refractivity contribution in [3.05, 3.63) is 71.6 Å². The summed E-state index contributed by atoms with van der Waals surface area (Å²) in [7, 11) is 1.41. The molecular weight excluding hydrogens is 475 g/mol. The van der Waals surface area contributed by atoms with Crippen molar-refractivity contribution in [2.24, 2.45) is 0 Å². The number of benzene rings is 1. The number of halogens is 1. The van der Waals surface area contributed by atoms with Gasteiger partial charge in [-0.3, -0.25) is 15.1 Å². The minimum absolute atomic E-state index is 0.0807. The van der Waals surface area contributed by atoms with E-state index in [2.05, 4.69) is 30.7 Å². The van der Waals surface area contributed by atoms with Crippen LogP contribution in [0.15, 0.2) is 48.9 Å². The second-order valence-electron chi connectivity index (χ2n) is 7.85. The van der Waals surface area contributed by atoms with Gasteiger partial charge in [-0.1, -0.05) is 17.2 Å². The summed E-state index contributed by atoms with van der Waals surface area (Å²) in [6, 6.07) is 7.86. The summed E-state index contributed by atoms with van der Waals surface area (Å²) in [6.45, 7) is 3.48. The van der Waals surface area contributed by atoms with E-state index in [0.29, 0.717) is 11.3 Å². The van der Waals surface area contributed by atoms with Crippen molar-refractivity contribution >= 4 is 22.4 Å². The number of rotatable bonds is 8. The van der Waals surface area contributed by atoms with Crippen molar-refractivity contribution in [1.29, 1.82) is 0 Å². The predicted octanol–water partition coefficient (Wildman–Crippen LogP) is 3.60. The minimum Gasteiger partial charge on any atom is -0.496 e. The van der Waals surface area contributed by atoms with Crippen LogP contribution in [0, 0.1) is 5.82 Å². The Morgan fingerprint density at radius 1 is 1.14 bits per heavy atom. The topological polar surface area (TPSA) is 132 Å². The highest BCUT2D eigenvalue weighted by atomic mass is 32.1. The summed E-state index contributed by atoms with van der Waals surface area (Å²) in [4.78, 5) is 17.2. The third-order valence-electron chi connectivity index (χ3n) is 4.94. The number of hydrogen-bond donors (Lipinski definition) is 2. The molecule has 0 saturated carbocycles. The fraction of sp³-hybridized carbons (Fsp3) is 0.217. The molecular formula is C23H21FN6O4S. The zero-order valence-electron chi connectivity index (χ0n) is 19.0. The van der Waals surface area contributed by atoms with Gasteiger partial charge in [-0.05, 0) is 43.4 Å². The third-order valence-corrected chi connectivity index (χ3v) is 5.69. The molecule has 1 aromatic carbocycles. The molecule has 10 nitrogen and oxygen atoms in total. The molecule has 180 valence electrons. The van der Waals surface area contributed by atoms with Crippen molar-refractivity contribution in [3.8, 4) is 22.1 Å². The summed E-state index contributed by atoms with van der Waals surface area (Å²) in [5, 5.41) is 28.4. The maximum absolute atomic E-state index is 14.6. The number of methoxy groups -OCH3 is 1. The zero-order chi connectivity index (χ0) is 25.0. The Bertz CT molecular complexity index is 1340. The van der Waals surface area contributed by atoms with Crippen LogP contribution in [0.4, 0.5) is 9.52 Å². The van der Waals surface area contributed by atoms with Gasteiger partial charge in [-0.2, -0.15) is 10.2 Å². The van der Waals surface area contributed by atoms with Gasteiger partial charge >= 0.3 is 0 Å². The summed E-state index contributed by atoms with van der Waals surface area (Å²) < 4.78 is 25.4. The zero-order valence-corrected chi connectivity index (χ0v) is 19.8. The number of pyridine rings is 1. The van der Waals surface area contributed by atoms with Gasteiger partial charge in [0.15, 0.2) is 0 Å². The number of carbonyl (C=O) groups excluding carboxylic acids is 1. The molecule has 0 unspecified atom stereocenters. The van der Waals surface area contributed by atoms with Crippen LogP contribution in [0.3, 0.4) is 0 Å². The van der Waals surface area contributed by atoms with Gasteiger partial charge in [0.05, 0.1) is 41.9 Å². The molecule has 3 heterocycles. The molecule has 3 aromatic heterocycles. The van der Waals surface area contributed by atoms with Crippen LogP contribution in [-0.2, 0) is 12.2 Å². The van der Waals surface area contributed by atoms with Crippen LogP contribution >= 0.6 is 11.3 Å². The van der Waals surface area contributed by atoms with Crippen LogP contribution < -0.4 is 14.8 Å². The first-order chi connectivity index (χ1) is 16.8. The number of amides is 1. The van der Waals surface area contributed by atoms with Crippen molar-refractivity contribution in [2.45, 2.75) is 26.1 Å². The maximum atomic E-state index is 14.6. The molecule has 1 amide bonds. The van der Waals surface area contributed by atoms with Gasteiger partial charge in [-0.25, -0.2) is 4.39 Å². The molecule has 0 radical (unpaired) electrons. The lowest BCUT2D eigenvalue weighted by Gasteiger charge is -2.17. The lowest BCUT2D eigenvalue weighted by Crippen LogP contribution is -2.16. The van der Waals surface area contributed by atoms with E-state index in [0.717, 1.165) is 11.3 Å². The highest BCUT2D eigenvalue weighted by Crippen LogP contribution is 2.34. The van der Waals surface area contributed by atoms with Gasteiger partial charge in [0.1, 0.15) is 18.2 Å². The van der Waals surface area contributed by atoms with Crippen molar-refractivity contribution in [3.63, 3.8) is 0 Å². The quantitative estimate of drug-likeness (QED) is 0.375. The molecule has 0 aliphatic carbocycles. The first-order valence-electron chi connectivity index (χ1n) is 10.3. The second-order valence-corrected chi connectivity index (χ2v) is 8.79. The van der Waals surface area contributed by atoms with Crippen LogP contribution in [0.1, 0.15) is 35.5 Å². The van der Waals surface area contributed by atoms with Crippen LogP contribution in [0.2, 0.25) is 0 Å². The predicted molar refractivity (Wildman–Crippen MR) is 126 cm³/mol. The highest BCUT2D eigenvalue weighted by Gasteiger charge is 2.21. The van der Waals surface area contributed by atoms with Gasteiger partial charge in [0.2, 0.25) is 5.13 Å². The molecule has 0 aliphatic heterocycles. The monoisotopic (exact) mass is 496 g/mol. The standard InChI is InChI=1S/C23H21FN6O4S/c1-23(2,32)13-7-8-14(25-9-13)12-34-22-30-29-21(35-22)28-20(31)16-11-27-26-10-15(16)19-17(24)5-4-6-18(19)33-3/h4-11,32H,12H2,1-3H3,(H,28,29,31). The first kappa shape index (κ1) is 24.1. The number of aromatic nitrogens is 5. The maximum Gasteiger partial charge on any atom is 0.296 e. The Balaban J connectivity index is 1.46. The summed E-state index contributed by atoms with van der Waals surface area (Å²) in [5.74, 6) is -0.892. The molecule has 35 heavy (non-hydrogen) atoms. The number of hydrogen-bond acceptors (Lipinski definition) is 10. The molecule has 4 rings (SSSR count). The van der Waals surface area contributed by atoms with Gasteiger partial charge in [-0.15, -0.1) is 5.10 Å². The minimum atomic E-state index is -0.986. The van der Waals surface area contributed by atoms with Gasteiger partial charge < -0.3 is 14.6 Å². The van der Waals surface area contributed by atoms with Crippen molar-refractivity contribution < 1.29 is 23.8 Å². The van der Waals surface area contributed by atoms with Crippen LogP contribution in [0.5, 0.6) is 10.9 Å². The summed E-state index contributed by atoms with van der Waals surface area (Å²) in [5.41, 5.74) is 0.719. The molecule has 2 N–H and O–H groups in total. The van der Waals surface area contributed by atoms with E-state index in [4.69, 9.17) is 9.47 Å². The van der Waals surface area contributed by atoms with E-state index in [-0.39, 0.29) is 39.4 Å². The van der Waals surface area contributed by atoms with E-state index in [9.17, 15) is 14.3 Å². The van der Waals surface area contributed by atoms with Crippen LogP contribution in [0.25, 0.3) is 11.1 Å². The Hall–Kier alpha value is -4.03. The molecule has 0 spiro atoms. The van der Waals surface area contributed by atoms with Gasteiger partial charge in [0, 0.05) is 17.3 Å². The smallest absolute Gasteiger partial charge is 0.296 e. The van der Waals surface area contributed by atoms with Crippen molar-refractivity contribution in [2.75, 3.05) is 12.4 Å². The van der Waals surface area contributed by atoms with E-state index in [1.54, 1.807) is 38.2 Å². The molecule has 0 aliphatic rings. The molecule has 0 saturated heterocycles. The Morgan fingerprint density at radius 2 is 1.94 bits per heavy atom. The number of nitrogens with one attached hydrogen (secondary N) is 1. The summed E-state index contributed by atoms with van der Waals surface area (Å²) >= 11 is 1.02. The molecule has 4 aromatic rings. The number of ether oxygens (including phenoxy) is 2. The second kappa shape index (κ2) is 10.1. The normalized spacial score (nSPS) is 11.2. The van der Waals surface area contributed by atoms with E-state index >= 15 is 0 Å². The average molecular weight is 497 g/mol. The number of anilines is 1.